The van der Waals surface area contributed by atoms with Gasteiger partial charge in [-0.25, -0.2) is 5.06 Å². The van der Waals surface area contributed by atoms with Gasteiger partial charge in [-0.05, 0) is 13.8 Å². The maximum atomic E-state index is 11.0. The van der Waals surface area contributed by atoms with Crippen molar-refractivity contribution in [2.24, 2.45) is 0 Å². The molecule has 0 atom stereocenters. The highest BCUT2D eigenvalue weighted by atomic mass is 16.7. The summed E-state index contributed by atoms with van der Waals surface area (Å²) in [6.07, 6.45) is 1.75. The van der Waals surface area contributed by atoms with Crippen LogP contribution < -0.4 is 0 Å². The van der Waals surface area contributed by atoms with Gasteiger partial charge >= 0.3 is 0 Å². The van der Waals surface area contributed by atoms with Crippen molar-refractivity contribution >= 4 is 5.91 Å². The first-order chi connectivity index (χ1) is 4.63. The van der Waals surface area contributed by atoms with Crippen LogP contribution in [0.25, 0.3) is 0 Å². The van der Waals surface area contributed by atoms with Gasteiger partial charge < -0.3 is 0 Å². The number of likely N-dealkylation sites (N-methyl/N-ethyl adjacent to an activating group) is 1. The number of carbonyl (C=O) groups excluding carboxylic acids is 1. The Balaban J connectivity index is 4.08. The van der Waals surface area contributed by atoms with Crippen LogP contribution in [0, 0.1) is 0 Å². The minimum Gasteiger partial charge on any atom is -0.274 e. The molecule has 0 fully saturated rings. The summed E-state index contributed by atoms with van der Waals surface area (Å²) in [7, 11) is 3.04. The third-order valence-electron chi connectivity index (χ3n) is 1.33. The summed E-state index contributed by atoms with van der Waals surface area (Å²) in [5.74, 6) is -0.106. The molecule has 0 rings (SSSR count). The number of nitrogens with zero attached hydrogens (tertiary/aromatic N) is 1. The first kappa shape index (κ1) is 9.17. The average molecular weight is 143 g/mol. The molecule has 0 aliphatic carbocycles. The van der Waals surface area contributed by atoms with Crippen LogP contribution in [0.15, 0.2) is 11.6 Å². The number of hydrogen-bond acceptors (Lipinski definition) is 2. The van der Waals surface area contributed by atoms with Crippen LogP contribution in [0.1, 0.15) is 13.8 Å². The molecule has 58 valence electrons. The van der Waals surface area contributed by atoms with Crippen LogP contribution in [0.3, 0.4) is 0 Å². The van der Waals surface area contributed by atoms with E-state index in [1.165, 1.54) is 12.2 Å². The van der Waals surface area contributed by atoms with E-state index in [1.54, 1.807) is 20.0 Å². The molecule has 0 spiro atoms. The van der Waals surface area contributed by atoms with Crippen LogP contribution in [-0.4, -0.2) is 25.1 Å². The van der Waals surface area contributed by atoms with Crippen molar-refractivity contribution in [2.45, 2.75) is 13.8 Å². The van der Waals surface area contributed by atoms with Crippen molar-refractivity contribution in [3.63, 3.8) is 0 Å². The minimum absolute atomic E-state index is 0.106. The number of allylic oxidation sites excluding steroid dienone is 1. The number of hydroxylamine groups is 2. The van der Waals surface area contributed by atoms with Crippen molar-refractivity contribution < 1.29 is 9.63 Å². The van der Waals surface area contributed by atoms with Crippen molar-refractivity contribution in [1.29, 1.82) is 0 Å². The third kappa shape index (κ3) is 2.19. The lowest BCUT2D eigenvalue weighted by Gasteiger charge is -2.12. The molecule has 0 aliphatic rings. The van der Waals surface area contributed by atoms with Crippen LogP contribution in [0.4, 0.5) is 0 Å². The number of rotatable bonds is 2. The van der Waals surface area contributed by atoms with Crippen LogP contribution in [0.2, 0.25) is 0 Å². The Bertz CT molecular complexity index is 152. The van der Waals surface area contributed by atoms with E-state index in [-0.39, 0.29) is 5.91 Å². The van der Waals surface area contributed by atoms with Gasteiger partial charge in [-0.15, -0.1) is 0 Å². The molecular weight excluding hydrogens is 130 g/mol. The molecular formula is C7H13NO2. The van der Waals surface area contributed by atoms with Gasteiger partial charge in [0.2, 0.25) is 0 Å². The molecule has 0 saturated carbocycles. The Labute approximate surface area is 61.2 Å². The van der Waals surface area contributed by atoms with Gasteiger partial charge in [0, 0.05) is 12.6 Å². The maximum Gasteiger partial charge on any atom is 0.272 e. The second-order valence-electron chi connectivity index (χ2n) is 1.96. The molecule has 0 unspecified atom stereocenters. The van der Waals surface area contributed by atoms with Gasteiger partial charge in [-0.1, -0.05) is 6.08 Å². The second-order valence-corrected chi connectivity index (χ2v) is 1.96. The minimum atomic E-state index is -0.106. The van der Waals surface area contributed by atoms with Gasteiger partial charge in [-0.2, -0.15) is 0 Å². The molecule has 0 saturated heterocycles. The Kier molecular flexibility index (Phi) is 3.72. The summed E-state index contributed by atoms with van der Waals surface area (Å²) < 4.78 is 0. The predicted molar refractivity (Wildman–Crippen MR) is 39.2 cm³/mol. The van der Waals surface area contributed by atoms with Gasteiger partial charge in [-0.3, -0.25) is 9.63 Å². The zero-order valence-corrected chi connectivity index (χ0v) is 6.84. The molecule has 0 N–H and O–H groups in total. The van der Waals surface area contributed by atoms with E-state index in [0.717, 1.165) is 0 Å². The highest BCUT2D eigenvalue weighted by Crippen LogP contribution is 1.97. The Morgan fingerprint density at radius 2 is 2.10 bits per heavy atom. The first-order valence-corrected chi connectivity index (χ1v) is 3.08. The molecule has 0 aliphatic heterocycles. The SMILES string of the molecule is CC=C(C)C(=O)N(C)OC. The smallest absolute Gasteiger partial charge is 0.272 e. The fourth-order valence-corrected chi connectivity index (χ4v) is 0.455. The monoisotopic (exact) mass is 143 g/mol. The van der Waals surface area contributed by atoms with Crippen molar-refractivity contribution in [1.82, 2.24) is 5.06 Å². The average Bonchev–Trinajstić information content (AvgIpc) is 2.00. The quantitative estimate of drug-likeness (QED) is 0.426. The first-order valence-electron chi connectivity index (χ1n) is 3.08. The molecule has 10 heavy (non-hydrogen) atoms. The van der Waals surface area contributed by atoms with E-state index >= 15 is 0 Å². The van der Waals surface area contributed by atoms with Gasteiger partial charge in [0.25, 0.3) is 5.91 Å². The van der Waals surface area contributed by atoms with Gasteiger partial charge in [0.15, 0.2) is 0 Å². The number of carbonyl (C=O) groups is 1. The molecule has 0 aromatic heterocycles. The fraction of sp³-hybridized carbons (Fsp3) is 0.571. The van der Waals surface area contributed by atoms with Gasteiger partial charge in [0.05, 0.1) is 7.11 Å². The highest BCUT2D eigenvalue weighted by Gasteiger charge is 2.07. The Morgan fingerprint density at radius 1 is 1.60 bits per heavy atom. The molecule has 1 amide bonds. The fourth-order valence-electron chi connectivity index (χ4n) is 0.455. The molecule has 0 heterocycles. The zero-order chi connectivity index (χ0) is 8.15. The van der Waals surface area contributed by atoms with Crippen LogP contribution in [0.5, 0.6) is 0 Å². The lowest BCUT2D eigenvalue weighted by molar-refractivity contribution is -0.163. The zero-order valence-electron chi connectivity index (χ0n) is 6.84. The summed E-state index contributed by atoms with van der Waals surface area (Å²) in [6.45, 7) is 3.56. The Morgan fingerprint density at radius 3 is 2.40 bits per heavy atom. The lowest BCUT2D eigenvalue weighted by atomic mass is 10.3. The van der Waals surface area contributed by atoms with E-state index in [0.29, 0.717) is 5.57 Å². The lowest BCUT2D eigenvalue weighted by Crippen LogP contribution is -2.25. The van der Waals surface area contributed by atoms with E-state index in [1.807, 2.05) is 6.92 Å². The molecule has 0 radical (unpaired) electrons. The number of amides is 1. The summed E-state index contributed by atoms with van der Waals surface area (Å²) in [4.78, 5) is 15.7. The van der Waals surface area contributed by atoms with Gasteiger partial charge in [0.1, 0.15) is 0 Å². The van der Waals surface area contributed by atoms with E-state index in [2.05, 4.69) is 4.84 Å². The van der Waals surface area contributed by atoms with E-state index < -0.39 is 0 Å². The van der Waals surface area contributed by atoms with Crippen molar-refractivity contribution in [3.8, 4) is 0 Å². The molecule has 0 bridgehead atoms. The highest BCUT2D eigenvalue weighted by molar-refractivity contribution is 5.91. The largest absolute Gasteiger partial charge is 0.274 e. The second kappa shape index (κ2) is 4.06. The maximum absolute atomic E-state index is 11.0. The van der Waals surface area contributed by atoms with Crippen molar-refractivity contribution in [2.75, 3.05) is 14.2 Å². The topological polar surface area (TPSA) is 29.5 Å². The molecule has 0 aromatic rings. The molecule has 3 heteroatoms. The Hall–Kier alpha value is -0.830. The van der Waals surface area contributed by atoms with Crippen LogP contribution >= 0.6 is 0 Å². The normalized spacial score (nSPS) is 11.4. The summed E-state index contributed by atoms with van der Waals surface area (Å²) in [5, 5.41) is 1.19. The van der Waals surface area contributed by atoms with E-state index in [9.17, 15) is 4.79 Å². The summed E-state index contributed by atoms with van der Waals surface area (Å²) in [5.41, 5.74) is 0.685. The molecule has 0 aromatic carbocycles. The summed E-state index contributed by atoms with van der Waals surface area (Å²) >= 11 is 0. The van der Waals surface area contributed by atoms with Crippen molar-refractivity contribution in [3.05, 3.63) is 11.6 Å². The standard InChI is InChI=1S/C7H13NO2/c1-5-6(2)7(9)8(3)10-4/h5H,1-4H3. The summed E-state index contributed by atoms with van der Waals surface area (Å²) in [6, 6.07) is 0. The third-order valence-corrected chi connectivity index (χ3v) is 1.33. The van der Waals surface area contributed by atoms with Crippen LogP contribution in [-0.2, 0) is 9.63 Å². The number of hydrogen-bond donors (Lipinski definition) is 0. The van der Waals surface area contributed by atoms with E-state index in [4.69, 9.17) is 0 Å². The molecule has 3 nitrogen and oxygen atoms in total. The predicted octanol–water partition coefficient (Wildman–Crippen LogP) is 0.972.